The molecule has 1 atom stereocenters. The molecule has 6 nitrogen and oxygen atoms in total. The van der Waals surface area contributed by atoms with Gasteiger partial charge in [0, 0.05) is 47.6 Å². The van der Waals surface area contributed by atoms with E-state index in [1.165, 1.54) is 31.3 Å². The molecule has 2 aliphatic rings. The van der Waals surface area contributed by atoms with E-state index in [2.05, 4.69) is 22.0 Å². The summed E-state index contributed by atoms with van der Waals surface area (Å²) in [6.45, 7) is 5.82. The van der Waals surface area contributed by atoms with Gasteiger partial charge in [0.15, 0.2) is 11.5 Å². The van der Waals surface area contributed by atoms with Crippen LogP contribution < -0.4 is 9.47 Å². The number of aromatic nitrogens is 2. The number of fused-ring (bicyclic) bond motifs is 3. The molecule has 0 radical (unpaired) electrons. The number of likely N-dealkylation sites (tertiary alicyclic amines) is 1. The van der Waals surface area contributed by atoms with E-state index in [0.717, 1.165) is 66.2 Å². The van der Waals surface area contributed by atoms with Gasteiger partial charge in [-0.2, -0.15) is 0 Å². The van der Waals surface area contributed by atoms with Crippen LogP contribution in [0, 0.1) is 0 Å². The standard InChI is InChI=1S/C23H29N3O3/c1-27-20-13-17-19(14-21(20)29-11-4-10-26-8-2-3-9-26)25-18-5-7-24-23(22(17)18)16-6-12-28-15-16/h5,7,13-14,16,25H,2-4,6,8-12,15H2,1H3. The summed E-state index contributed by atoms with van der Waals surface area (Å²) >= 11 is 0. The van der Waals surface area contributed by atoms with Crippen LogP contribution in [0.4, 0.5) is 0 Å². The second-order valence-corrected chi connectivity index (χ2v) is 8.10. The van der Waals surface area contributed by atoms with Crippen molar-refractivity contribution in [3.05, 3.63) is 30.1 Å². The molecular weight excluding hydrogens is 366 g/mol. The number of nitrogens with one attached hydrogen (secondary N) is 1. The summed E-state index contributed by atoms with van der Waals surface area (Å²) in [7, 11) is 1.71. The molecule has 4 heterocycles. The molecule has 1 unspecified atom stereocenters. The largest absolute Gasteiger partial charge is 0.493 e. The Hall–Kier alpha value is -2.31. The highest BCUT2D eigenvalue weighted by Gasteiger charge is 2.23. The molecule has 0 amide bonds. The highest BCUT2D eigenvalue weighted by Crippen LogP contribution is 2.39. The summed E-state index contributed by atoms with van der Waals surface area (Å²) in [5.74, 6) is 1.92. The topological polar surface area (TPSA) is 59.6 Å². The number of H-pyrrole nitrogens is 1. The van der Waals surface area contributed by atoms with Gasteiger partial charge < -0.3 is 24.1 Å². The lowest BCUT2D eigenvalue weighted by molar-refractivity contribution is 0.193. The Morgan fingerprint density at radius 2 is 2.10 bits per heavy atom. The van der Waals surface area contributed by atoms with Gasteiger partial charge in [0.05, 0.1) is 31.5 Å². The smallest absolute Gasteiger partial charge is 0.163 e. The minimum absolute atomic E-state index is 0.352. The second-order valence-electron chi connectivity index (χ2n) is 8.10. The van der Waals surface area contributed by atoms with E-state index in [0.29, 0.717) is 12.5 Å². The lowest BCUT2D eigenvalue weighted by Gasteiger charge is -2.15. The molecule has 154 valence electrons. The number of hydrogen-bond donors (Lipinski definition) is 1. The van der Waals surface area contributed by atoms with E-state index >= 15 is 0 Å². The number of ether oxygens (including phenoxy) is 3. The SMILES string of the molecule is COc1cc2c(cc1OCCCN1CCCC1)[nH]c1ccnc(C3CCOC3)c12. The number of benzene rings is 1. The summed E-state index contributed by atoms with van der Waals surface area (Å²) in [4.78, 5) is 10.8. The van der Waals surface area contributed by atoms with Crippen molar-refractivity contribution in [1.29, 1.82) is 0 Å². The zero-order valence-corrected chi connectivity index (χ0v) is 17.1. The lowest BCUT2D eigenvalue weighted by Crippen LogP contribution is -2.21. The van der Waals surface area contributed by atoms with Crippen molar-refractivity contribution < 1.29 is 14.2 Å². The van der Waals surface area contributed by atoms with Crippen molar-refractivity contribution >= 4 is 21.8 Å². The minimum atomic E-state index is 0.352. The van der Waals surface area contributed by atoms with E-state index in [9.17, 15) is 0 Å². The number of methoxy groups -OCH3 is 1. The molecule has 3 aromatic rings. The van der Waals surface area contributed by atoms with E-state index in [-0.39, 0.29) is 0 Å². The summed E-state index contributed by atoms with van der Waals surface area (Å²) in [6.07, 6.45) is 6.60. The van der Waals surface area contributed by atoms with Crippen molar-refractivity contribution in [2.24, 2.45) is 0 Å². The van der Waals surface area contributed by atoms with Crippen LogP contribution in [0.3, 0.4) is 0 Å². The Labute approximate surface area is 171 Å². The molecule has 1 aromatic carbocycles. The van der Waals surface area contributed by atoms with Crippen LogP contribution >= 0.6 is 0 Å². The summed E-state index contributed by atoms with van der Waals surface area (Å²) in [6, 6.07) is 6.20. The Morgan fingerprint density at radius 3 is 2.90 bits per heavy atom. The maximum absolute atomic E-state index is 6.11. The van der Waals surface area contributed by atoms with Gasteiger partial charge in [0.2, 0.25) is 0 Å². The summed E-state index contributed by atoms with van der Waals surface area (Å²) < 4.78 is 17.4. The first-order valence-corrected chi connectivity index (χ1v) is 10.7. The predicted molar refractivity (Wildman–Crippen MR) is 114 cm³/mol. The third-order valence-electron chi connectivity index (χ3n) is 6.21. The summed E-state index contributed by atoms with van der Waals surface area (Å²) in [5, 5.41) is 2.31. The number of aromatic amines is 1. The monoisotopic (exact) mass is 395 g/mol. The second kappa shape index (κ2) is 8.20. The Bertz CT molecular complexity index is 988. The van der Waals surface area contributed by atoms with E-state index in [4.69, 9.17) is 19.2 Å². The number of pyridine rings is 1. The van der Waals surface area contributed by atoms with Crippen molar-refractivity contribution in [1.82, 2.24) is 14.9 Å². The zero-order chi connectivity index (χ0) is 19.6. The molecular formula is C23H29N3O3. The molecule has 2 saturated heterocycles. The van der Waals surface area contributed by atoms with Gasteiger partial charge >= 0.3 is 0 Å². The molecule has 0 spiro atoms. The fraction of sp³-hybridized carbons (Fsp3) is 0.522. The van der Waals surface area contributed by atoms with Gasteiger partial charge in [-0.25, -0.2) is 0 Å². The molecule has 1 N–H and O–H groups in total. The van der Waals surface area contributed by atoms with Gasteiger partial charge in [-0.3, -0.25) is 4.98 Å². The minimum Gasteiger partial charge on any atom is -0.493 e. The quantitative estimate of drug-likeness (QED) is 0.611. The Balaban J connectivity index is 1.42. The first-order chi connectivity index (χ1) is 14.3. The van der Waals surface area contributed by atoms with Crippen molar-refractivity contribution in [2.45, 2.75) is 31.6 Å². The fourth-order valence-electron chi connectivity index (χ4n) is 4.69. The van der Waals surface area contributed by atoms with Crippen LogP contribution in [0.5, 0.6) is 11.5 Å². The van der Waals surface area contributed by atoms with Crippen LogP contribution in [0.1, 0.15) is 37.3 Å². The molecule has 0 bridgehead atoms. The Kier molecular flexibility index (Phi) is 5.29. The van der Waals surface area contributed by atoms with Gasteiger partial charge in [0.25, 0.3) is 0 Å². The van der Waals surface area contributed by atoms with E-state index < -0.39 is 0 Å². The van der Waals surface area contributed by atoms with E-state index in [1.54, 1.807) is 7.11 Å². The van der Waals surface area contributed by atoms with Crippen LogP contribution in [-0.2, 0) is 4.74 Å². The highest BCUT2D eigenvalue weighted by molar-refractivity contribution is 6.09. The van der Waals surface area contributed by atoms with Crippen LogP contribution in [-0.4, -0.2) is 61.4 Å². The maximum atomic E-state index is 6.11. The molecule has 29 heavy (non-hydrogen) atoms. The predicted octanol–water partition coefficient (Wildman–Crippen LogP) is 4.09. The Morgan fingerprint density at radius 1 is 1.21 bits per heavy atom. The fourth-order valence-corrected chi connectivity index (χ4v) is 4.69. The first-order valence-electron chi connectivity index (χ1n) is 10.7. The van der Waals surface area contributed by atoms with Crippen molar-refractivity contribution in [3.63, 3.8) is 0 Å². The van der Waals surface area contributed by atoms with Gasteiger partial charge in [-0.05, 0) is 50.9 Å². The van der Waals surface area contributed by atoms with Gasteiger partial charge in [0.1, 0.15) is 0 Å². The van der Waals surface area contributed by atoms with Crippen LogP contribution in [0.15, 0.2) is 24.4 Å². The number of nitrogens with zero attached hydrogens (tertiary/aromatic N) is 2. The molecule has 5 rings (SSSR count). The molecule has 2 aromatic heterocycles. The van der Waals surface area contributed by atoms with Gasteiger partial charge in [-0.15, -0.1) is 0 Å². The highest BCUT2D eigenvalue weighted by atomic mass is 16.5. The third-order valence-corrected chi connectivity index (χ3v) is 6.21. The zero-order valence-electron chi connectivity index (χ0n) is 17.1. The van der Waals surface area contributed by atoms with Gasteiger partial charge in [-0.1, -0.05) is 0 Å². The van der Waals surface area contributed by atoms with Crippen molar-refractivity contribution in [2.75, 3.05) is 46.6 Å². The van der Waals surface area contributed by atoms with Crippen LogP contribution in [0.25, 0.3) is 21.8 Å². The average molecular weight is 396 g/mol. The third kappa shape index (κ3) is 3.67. The van der Waals surface area contributed by atoms with E-state index in [1.807, 2.05) is 12.3 Å². The molecule has 6 heteroatoms. The van der Waals surface area contributed by atoms with Crippen molar-refractivity contribution in [3.8, 4) is 11.5 Å². The molecule has 2 aliphatic heterocycles. The number of rotatable bonds is 7. The first kappa shape index (κ1) is 18.7. The van der Waals surface area contributed by atoms with Crippen LogP contribution in [0.2, 0.25) is 0 Å². The maximum Gasteiger partial charge on any atom is 0.163 e. The number of hydrogen-bond acceptors (Lipinski definition) is 5. The summed E-state index contributed by atoms with van der Waals surface area (Å²) in [5.41, 5.74) is 3.28. The normalized spacial score (nSPS) is 20.1. The molecule has 0 aliphatic carbocycles. The average Bonchev–Trinajstić information content (AvgIpc) is 3.51. The lowest BCUT2D eigenvalue weighted by atomic mass is 9.99. The molecule has 2 fully saturated rings. The molecule has 0 saturated carbocycles.